The van der Waals surface area contributed by atoms with Gasteiger partial charge in [-0.15, -0.1) is 0 Å². The molecule has 0 radical (unpaired) electrons. The van der Waals surface area contributed by atoms with Crippen molar-refractivity contribution in [2.45, 2.75) is 10.3 Å². The first-order valence-electron chi connectivity index (χ1n) is 6.29. The summed E-state index contributed by atoms with van der Waals surface area (Å²) in [6, 6.07) is 7.49. The van der Waals surface area contributed by atoms with Crippen LogP contribution in [0.2, 0.25) is 0 Å². The fourth-order valence-electron chi connectivity index (χ4n) is 2.50. The van der Waals surface area contributed by atoms with Gasteiger partial charge in [-0.1, -0.05) is 11.8 Å². The highest BCUT2D eigenvalue weighted by Crippen LogP contribution is 2.57. The molecule has 1 aliphatic rings. The molecular weight excluding hydrogens is 293 g/mol. The zero-order valence-corrected chi connectivity index (χ0v) is 11.4. The zero-order chi connectivity index (χ0) is 14.6. The summed E-state index contributed by atoms with van der Waals surface area (Å²) in [5.41, 5.74) is 0.443. The minimum absolute atomic E-state index is 0.000596. The molecule has 4 nitrogen and oxygen atoms in total. The van der Waals surface area contributed by atoms with Crippen molar-refractivity contribution in [3.05, 3.63) is 48.2 Å². The molecule has 4 rings (SSSR count). The van der Waals surface area contributed by atoms with Crippen LogP contribution in [0.15, 0.2) is 45.9 Å². The number of benzene rings is 2. The van der Waals surface area contributed by atoms with E-state index in [2.05, 4.69) is 5.32 Å². The van der Waals surface area contributed by atoms with E-state index >= 15 is 0 Å². The lowest BCUT2D eigenvalue weighted by Crippen LogP contribution is -1.99. The Morgan fingerprint density at radius 1 is 1.14 bits per heavy atom. The molecule has 0 aliphatic carbocycles. The number of nitrogens with one attached hydrogen (secondary N) is 1. The molecule has 6 heteroatoms. The Bertz CT molecular complexity index is 848. The topological polar surface area (TPSA) is 65.6 Å². The third kappa shape index (κ3) is 1.76. The van der Waals surface area contributed by atoms with Crippen LogP contribution in [0, 0.1) is 5.82 Å². The lowest BCUT2D eigenvalue weighted by Gasteiger charge is -2.10. The maximum Gasteiger partial charge on any atom is 0.147 e. The fraction of sp³-hybridized carbons (Fsp3) is 0.0667. The maximum atomic E-state index is 13.4. The second-order valence-corrected chi connectivity index (χ2v) is 5.86. The molecule has 1 atom stereocenters. The van der Waals surface area contributed by atoms with E-state index in [9.17, 15) is 14.6 Å². The van der Waals surface area contributed by atoms with Crippen LogP contribution in [-0.2, 0) is 0 Å². The molecule has 0 saturated carbocycles. The summed E-state index contributed by atoms with van der Waals surface area (Å²) < 4.78 is 18.7. The summed E-state index contributed by atoms with van der Waals surface area (Å²) in [7, 11) is 0. The highest BCUT2D eigenvalue weighted by molar-refractivity contribution is 8.00. The molecular formula is C15H10FNO3S. The third-order valence-electron chi connectivity index (χ3n) is 3.48. The molecule has 21 heavy (non-hydrogen) atoms. The van der Waals surface area contributed by atoms with E-state index in [-0.39, 0.29) is 16.9 Å². The summed E-state index contributed by atoms with van der Waals surface area (Å²) in [4.78, 5) is 0.493. The average molecular weight is 303 g/mol. The van der Waals surface area contributed by atoms with Crippen molar-refractivity contribution >= 4 is 28.2 Å². The van der Waals surface area contributed by atoms with Crippen molar-refractivity contribution in [1.29, 1.82) is 0 Å². The molecule has 2 aromatic carbocycles. The number of furan rings is 1. The van der Waals surface area contributed by atoms with Gasteiger partial charge < -0.3 is 19.9 Å². The minimum Gasteiger partial charge on any atom is -0.506 e. The van der Waals surface area contributed by atoms with Crippen LogP contribution in [0.25, 0.3) is 10.8 Å². The molecule has 0 fully saturated rings. The molecule has 0 amide bonds. The van der Waals surface area contributed by atoms with E-state index in [0.29, 0.717) is 27.1 Å². The number of rotatable bonds is 1. The third-order valence-corrected chi connectivity index (χ3v) is 4.70. The molecule has 1 unspecified atom stereocenters. The first-order chi connectivity index (χ1) is 10.1. The van der Waals surface area contributed by atoms with E-state index in [1.165, 1.54) is 30.0 Å². The quantitative estimate of drug-likeness (QED) is 0.464. The van der Waals surface area contributed by atoms with E-state index in [0.717, 1.165) is 0 Å². The van der Waals surface area contributed by atoms with Crippen LogP contribution in [0.3, 0.4) is 0 Å². The van der Waals surface area contributed by atoms with Gasteiger partial charge in [0.2, 0.25) is 0 Å². The molecule has 3 aromatic rings. The number of phenolic OH excluding ortho intramolecular Hbond substituents is 2. The monoisotopic (exact) mass is 303 g/mol. The molecule has 1 aromatic heterocycles. The van der Waals surface area contributed by atoms with Crippen molar-refractivity contribution in [1.82, 2.24) is 0 Å². The van der Waals surface area contributed by atoms with Gasteiger partial charge in [0.1, 0.15) is 28.5 Å². The minimum atomic E-state index is -0.462. The number of halogens is 1. The second-order valence-electron chi connectivity index (χ2n) is 4.75. The predicted octanol–water partition coefficient (Wildman–Crippen LogP) is 4.20. The van der Waals surface area contributed by atoms with E-state index in [1.54, 1.807) is 12.3 Å². The van der Waals surface area contributed by atoms with Gasteiger partial charge in [0.25, 0.3) is 0 Å². The molecule has 3 N–H and O–H groups in total. The van der Waals surface area contributed by atoms with Gasteiger partial charge in [-0.05, 0) is 30.3 Å². The number of aromatic hydroxyl groups is 2. The first-order valence-corrected chi connectivity index (χ1v) is 7.17. The lowest BCUT2D eigenvalue weighted by molar-refractivity contribution is 0.460. The van der Waals surface area contributed by atoms with Crippen LogP contribution in [0.5, 0.6) is 11.5 Å². The fourth-order valence-corrected chi connectivity index (χ4v) is 3.66. The summed E-state index contributed by atoms with van der Waals surface area (Å²) in [5, 5.41) is 24.3. The SMILES string of the molecule is Oc1c2c(c(O)c3cc(F)ccc13)SC(c1ccco1)N2. The average Bonchev–Trinajstić information content (AvgIpc) is 3.13. The van der Waals surface area contributed by atoms with Gasteiger partial charge in [0, 0.05) is 10.8 Å². The Morgan fingerprint density at radius 3 is 2.76 bits per heavy atom. The van der Waals surface area contributed by atoms with E-state index < -0.39 is 5.82 Å². The smallest absolute Gasteiger partial charge is 0.147 e. The summed E-state index contributed by atoms with van der Waals surface area (Å²) in [5.74, 6) is 0.184. The Hall–Kier alpha value is -2.34. The highest BCUT2D eigenvalue weighted by Gasteiger charge is 2.31. The molecule has 0 saturated heterocycles. The molecule has 106 valence electrons. The zero-order valence-electron chi connectivity index (χ0n) is 10.6. The van der Waals surface area contributed by atoms with Crippen LogP contribution in [0.1, 0.15) is 11.1 Å². The first kappa shape index (κ1) is 12.4. The van der Waals surface area contributed by atoms with Crippen LogP contribution in [-0.4, -0.2) is 10.2 Å². The molecule has 0 spiro atoms. The van der Waals surface area contributed by atoms with Gasteiger partial charge in [-0.3, -0.25) is 0 Å². The maximum absolute atomic E-state index is 13.4. The van der Waals surface area contributed by atoms with Crippen LogP contribution >= 0.6 is 11.8 Å². The van der Waals surface area contributed by atoms with Gasteiger partial charge >= 0.3 is 0 Å². The molecule has 2 heterocycles. The summed E-state index contributed by atoms with van der Waals surface area (Å²) in [6.07, 6.45) is 1.56. The standard InChI is InChI=1S/C15H10FNO3S/c16-7-3-4-8-9(6-7)13(19)14-11(12(8)18)17-15(21-14)10-2-1-5-20-10/h1-6,15,17-19H. The van der Waals surface area contributed by atoms with Gasteiger partial charge in [0.15, 0.2) is 0 Å². The Morgan fingerprint density at radius 2 is 2.00 bits per heavy atom. The van der Waals surface area contributed by atoms with Crippen molar-refractivity contribution in [2.24, 2.45) is 0 Å². The number of hydrogen-bond donors (Lipinski definition) is 3. The van der Waals surface area contributed by atoms with E-state index in [4.69, 9.17) is 4.42 Å². The summed E-state index contributed by atoms with van der Waals surface area (Å²) in [6.45, 7) is 0. The number of hydrogen-bond acceptors (Lipinski definition) is 5. The largest absolute Gasteiger partial charge is 0.506 e. The Labute approximate surface area is 123 Å². The predicted molar refractivity (Wildman–Crippen MR) is 78.2 cm³/mol. The second kappa shape index (κ2) is 4.33. The van der Waals surface area contributed by atoms with Gasteiger partial charge in [0.05, 0.1) is 16.8 Å². The van der Waals surface area contributed by atoms with E-state index in [1.807, 2.05) is 6.07 Å². The Balaban J connectivity index is 1.92. The molecule has 0 bridgehead atoms. The van der Waals surface area contributed by atoms with Crippen LogP contribution in [0.4, 0.5) is 10.1 Å². The number of fused-ring (bicyclic) bond motifs is 2. The van der Waals surface area contributed by atoms with Gasteiger partial charge in [-0.2, -0.15) is 0 Å². The number of anilines is 1. The lowest BCUT2D eigenvalue weighted by atomic mass is 10.1. The van der Waals surface area contributed by atoms with Crippen molar-refractivity contribution in [3.8, 4) is 11.5 Å². The number of phenols is 2. The Kier molecular flexibility index (Phi) is 2.56. The molecule has 1 aliphatic heterocycles. The summed E-state index contributed by atoms with van der Waals surface area (Å²) >= 11 is 1.32. The highest BCUT2D eigenvalue weighted by atomic mass is 32.2. The van der Waals surface area contributed by atoms with Crippen molar-refractivity contribution in [3.63, 3.8) is 0 Å². The van der Waals surface area contributed by atoms with Crippen LogP contribution < -0.4 is 5.32 Å². The normalized spacial score (nSPS) is 16.9. The van der Waals surface area contributed by atoms with Crippen molar-refractivity contribution < 1.29 is 19.0 Å². The van der Waals surface area contributed by atoms with Crippen molar-refractivity contribution in [2.75, 3.05) is 5.32 Å². The van der Waals surface area contributed by atoms with Gasteiger partial charge in [-0.25, -0.2) is 4.39 Å². The number of thioether (sulfide) groups is 1.